The summed E-state index contributed by atoms with van der Waals surface area (Å²) in [5.41, 5.74) is 2.07. The fourth-order valence-corrected chi connectivity index (χ4v) is 2.51. The quantitative estimate of drug-likeness (QED) is 0.947. The molecule has 0 radical (unpaired) electrons. The second kappa shape index (κ2) is 5.60. The number of halogens is 1. The average molecular weight is 298 g/mol. The molecular weight excluding hydrogens is 283 g/mol. The molecule has 2 amide bonds. The number of fused-ring (bicyclic) bond motifs is 1. The second-order valence-corrected chi connectivity index (χ2v) is 5.26. The summed E-state index contributed by atoms with van der Waals surface area (Å²) in [6.45, 7) is 2.11. The van der Waals surface area contributed by atoms with E-state index in [9.17, 15) is 14.0 Å². The van der Waals surface area contributed by atoms with Gasteiger partial charge in [0.15, 0.2) is 0 Å². The molecule has 112 valence electrons. The van der Waals surface area contributed by atoms with Crippen molar-refractivity contribution >= 4 is 17.5 Å². The summed E-state index contributed by atoms with van der Waals surface area (Å²) >= 11 is 0. The van der Waals surface area contributed by atoms with Crippen LogP contribution < -0.4 is 5.32 Å². The molecule has 0 fully saturated rings. The van der Waals surface area contributed by atoms with E-state index in [1.807, 2.05) is 18.2 Å². The standard InChI is InChI=1S/C17H15FN2O2/c1-11(16(21)19-14-8-6-13(18)7-9-14)20-10-12-4-2-3-5-15(12)17(20)22/h2-9,11H,10H2,1H3,(H,19,21). The van der Waals surface area contributed by atoms with Gasteiger partial charge in [-0.1, -0.05) is 18.2 Å². The molecule has 1 atom stereocenters. The molecule has 0 aromatic heterocycles. The summed E-state index contributed by atoms with van der Waals surface area (Å²) in [6.07, 6.45) is 0. The maximum absolute atomic E-state index is 12.9. The van der Waals surface area contributed by atoms with E-state index in [0.717, 1.165) is 5.56 Å². The molecule has 4 nitrogen and oxygen atoms in total. The number of nitrogens with one attached hydrogen (secondary N) is 1. The monoisotopic (exact) mass is 298 g/mol. The third-order valence-corrected chi connectivity index (χ3v) is 3.81. The van der Waals surface area contributed by atoms with Crippen LogP contribution in [0.15, 0.2) is 48.5 Å². The Morgan fingerprint density at radius 3 is 2.55 bits per heavy atom. The molecule has 0 aliphatic carbocycles. The maximum atomic E-state index is 12.9. The predicted octanol–water partition coefficient (Wildman–Crippen LogP) is 2.81. The number of carbonyl (C=O) groups is 2. The van der Waals surface area contributed by atoms with E-state index in [1.165, 1.54) is 29.2 Å². The average Bonchev–Trinajstić information content (AvgIpc) is 2.86. The number of hydrogen-bond donors (Lipinski definition) is 1. The van der Waals surface area contributed by atoms with Gasteiger partial charge in [0.25, 0.3) is 5.91 Å². The van der Waals surface area contributed by atoms with Crippen molar-refractivity contribution in [3.8, 4) is 0 Å². The number of hydrogen-bond acceptors (Lipinski definition) is 2. The lowest BCUT2D eigenvalue weighted by Crippen LogP contribution is -2.42. The molecule has 1 aliphatic rings. The van der Waals surface area contributed by atoms with Crippen LogP contribution in [0.2, 0.25) is 0 Å². The fraction of sp³-hybridized carbons (Fsp3) is 0.176. The molecule has 0 saturated carbocycles. The van der Waals surface area contributed by atoms with Crippen molar-refractivity contribution in [3.63, 3.8) is 0 Å². The van der Waals surface area contributed by atoms with Crippen molar-refractivity contribution in [1.82, 2.24) is 4.90 Å². The molecule has 1 N–H and O–H groups in total. The highest BCUT2D eigenvalue weighted by Gasteiger charge is 2.33. The summed E-state index contributed by atoms with van der Waals surface area (Å²) in [7, 11) is 0. The summed E-state index contributed by atoms with van der Waals surface area (Å²) in [6, 6.07) is 12.3. The predicted molar refractivity (Wildman–Crippen MR) is 80.8 cm³/mol. The minimum Gasteiger partial charge on any atom is -0.324 e. The van der Waals surface area contributed by atoms with Crippen LogP contribution in [-0.4, -0.2) is 22.8 Å². The maximum Gasteiger partial charge on any atom is 0.255 e. The van der Waals surface area contributed by atoms with Gasteiger partial charge in [0.1, 0.15) is 11.9 Å². The first-order valence-electron chi connectivity index (χ1n) is 7.01. The molecule has 0 bridgehead atoms. The zero-order chi connectivity index (χ0) is 15.7. The molecule has 0 saturated heterocycles. The molecule has 2 aromatic rings. The zero-order valence-electron chi connectivity index (χ0n) is 12.0. The van der Waals surface area contributed by atoms with Crippen LogP contribution in [0.1, 0.15) is 22.8 Å². The number of nitrogens with zero attached hydrogens (tertiary/aromatic N) is 1. The van der Waals surface area contributed by atoms with E-state index in [1.54, 1.807) is 13.0 Å². The van der Waals surface area contributed by atoms with Gasteiger partial charge in [0.2, 0.25) is 5.91 Å². The molecule has 5 heteroatoms. The molecule has 0 spiro atoms. The van der Waals surface area contributed by atoms with Crippen LogP contribution in [-0.2, 0) is 11.3 Å². The first-order valence-corrected chi connectivity index (χ1v) is 7.01. The van der Waals surface area contributed by atoms with Crippen LogP contribution in [0.4, 0.5) is 10.1 Å². The topological polar surface area (TPSA) is 49.4 Å². The summed E-state index contributed by atoms with van der Waals surface area (Å²) in [5.74, 6) is -0.804. The Hall–Kier alpha value is -2.69. The van der Waals surface area contributed by atoms with E-state index >= 15 is 0 Å². The van der Waals surface area contributed by atoms with Gasteiger partial charge in [0, 0.05) is 17.8 Å². The molecule has 3 rings (SSSR count). The van der Waals surface area contributed by atoms with Crippen molar-refractivity contribution in [2.45, 2.75) is 19.5 Å². The summed E-state index contributed by atoms with van der Waals surface area (Å²) in [5, 5.41) is 2.69. The summed E-state index contributed by atoms with van der Waals surface area (Å²) in [4.78, 5) is 26.1. The lowest BCUT2D eigenvalue weighted by atomic mass is 10.1. The fourth-order valence-electron chi connectivity index (χ4n) is 2.51. The van der Waals surface area contributed by atoms with Gasteiger partial charge >= 0.3 is 0 Å². The Morgan fingerprint density at radius 1 is 1.18 bits per heavy atom. The van der Waals surface area contributed by atoms with Gasteiger partial charge < -0.3 is 10.2 Å². The molecule has 1 heterocycles. The van der Waals surface area contributed by atoms with Crippen molar-refractivity contribution in [3.05, 3.63) is 65.5 Å². The van der Waals surface area contributed by atoms with Crippen molar-refractivity contribution in [2.75, 3.05) is 5.32 Å². The van der Waals surface area contributed by atoms with Gasteiger partial charge in [-0.25, -0.2) is 4.39 Å². The minimum atomic E-state index is -0.607. The van der Waals surface area contributed by atoms with Gasteiger partial charge in [0.05, 0.1) is 0 Å². The molecule has 1 aliphatic heterocycles. The molecule has 22 heavy (non-hydrogen) atoms. The van der Waals surface area contributed by atoms with E-state index in [0.29, 0.717) is 17.8 Å². The van der Waals surface area contributed by atoms with Gasteiger partial charge in [-0.15, -0.1) is 0 Å². The van der Waals surface area contributed by atoms with E-state index in [2.05, 4.69) is 5.32 Å². The van der Waals surface area contributed by atoms with Crippen LogP contribution in [0.5, 0.6) is 0 Å². The third-order valence-electron chi connectivity index (χ3n) is 3.81. The Bertz CT molecular complexity index is 728. The highest BCUT2D eigenvalue weighted by Crippen LogP contribution is 2.24. The van der Waals surface area contributed by atoms with Crippen LogP contribution >= 0.6 is 0 Å². The first kappa shape index (κ1) is 14.3. The third kappa shape index (κ3) is 2.57. The first-order chi connectivity index (χ1) is 10.6. The van der Waals surface area contributed by atoms with E-state index in [4.69, 9.17) is 0 Å². The molecule has 2 aromatic carbocycles. The van der Waals surface area contributed by atoms with Crippen LogP contribution in [0, 0.1) is 5.82 Å². The largest absolute Gasteiger partial charge is 0.324 e. The Labute approximate surface area is 127 Å². The Kier molecular flexibility index (Phi) is 3.63. The van der Waals surface area contributed by atoms with Gasteiger partial charge in [-0.2, -0.15) is 0 Å². The number of carbonyl (C=O) groups excluding carboxylic acids is 2. The van der Waals surface area contributed by atoms with Crippen LogP contribution in [0.3, 0.4) is 0 Å². The molecular formula is C17H15FN2O2. The lowest BCUT2D eigenvalue weighted by Gasteiger charge is -2.23. The second-order valence-electron chi connectivity index (χ2n) is 5.26. The SMILES string of the molecule is CC(C(=O)Nc1ccc(F)cc1)N1Cc2ccccc2C1=O. The highest BCUT2D eigenvalue weighted by atomic mass is 19.1. The van der Waals surface area contributed by atoms with Crippen molar-refractivity contribution < 1.29 is 14.0 Å². The van der Waals surface area contributed by atoms with Crippen molar-refractivity contribution in [2.24, 2.45) is 0 Å². The normalized spacial score (nSPS) is 14.6. The van der Waals surface area contributed by atoms with Crippen molar-refractivity contribution in [1.29, 1.82) is 0 Å². The van der Waals surface area contributed by atoms with E-state index < -0.39 is 6.04 Å². The number of anilines is 1. The number of amides is 2. The zero-order valence-corrected chi connectivity index (χ0v) is 12.0. The van der Waals surface area contributed by atoms with E-state index in [-0.39, 0.29) is 17.6 Å². The van der Waals surface area contributed by atoms with Gasteiger partial charge in [-0.3, -0.25) is 9.59 Å². The lowest BCUT2D eigenvalue weighted by molar-refractivity contribution is -0.120. The molecule has 1 unspecified atom stereocenters. The Balaban J connectivity index is 1.72. The number of rotatable bonds is 3. The smallest absolute Gasteiger partial charge is 0.255 e. The highest BCUT2D eigenvalue weighted by molar-refractivity contribution is 6.03. The Morgan fingerprint density at radius 2 is 1.86 bits per heavy atom. The number of benzene rings is 2. The summed E-state index contributed by atoms with van der Waals surface area (Å²) < 4.78 is 12.9. The van der Waals surface area contributed by atoms with Gasteiger partial charge in [-0.05, 0) is 42.8 Å². The van der Waals surface area contributed by atoms with Crippen LogP contribution in [0.25, 0.3) is 0 Å². The minimum absolute atomic E-state index is 0.141.